The molecule has 0 saturated carbocycles. The third-order valence-corrected chi connectivity index (χ3v) is 10.3. The summed E-state index contributed by atoms with van der Waals surface area (Å²) >= 11 is 0. The number of nitrogens with zero attached hydrogens (tertiary/aromatic N) is 2. The van der Waals surface area contributed by atoms with E-state index in [1.54, 1.807) is 0 Å². The monoisotopic (exact) mass is 662 g/mol. The number of aromatic nitrogens is 1. The predicted molar refractivity (Wildman–Crippen MR) is 221 cm³/mol. The molecule has 2 heteroatoms. The Bertz CT molecular complexity index is 2890. The Morgan fingerprint density at radius 2 is 0.788 bits per heavy atom. The number of anilines is 3. The maximum atomic E-state index is 2.37. The molecule has 0 spiro atoms. The molecule has 52 heavy (non-hydrogen) atoms. The highest BCUT2D eigenvalue weighted by Crippen LogP contribution is 2.40. The van der Waals surface area contributed by atoms with Crippen LogP contribution in [0.25, 0.3) is 71.3 Å². The summed E-state index contributed by atoms with van der Waals surface area (Å²) in [5, 5.41) is 7.47. The maximum absolute atomic E-state index is 2.37. The fourth-order valence-electron chi connectivity index (χ4n) is 7.76. The molecule has 9 aromatic carbocycles. The summed E-state index contributed by atoms with van der Waals surface area (Å²) < 4.78 is 2.37. The number of rotatable bonds is 6. The van der Waals surface area contributed by atoms with Gasteiger partial charge in [0.15, 0.2) is 0 Å². The summed E-state index contributed by atoms with van der Waals surface area (Å²) in [6.45, 7) is 0. The number of fused-ring (bicyclic) bond motifs is 5. The second-order valence-electron chi connectivity index (χ2n) is 13.4. The van der Waals surface area contributed by atoms with Crippen LogP contribution in [0.3, 0.4) is 0 Å². The van der Waals surface area contributed by atoms with Gasteiger partial charge in [-0.15, -0.1) is 0 Å². The summed E-state index contributed by atoms with van der Waals surface area (Å²) in [5.74, 6) is 0. The minimum absolute atomic E-state index is 1.11. The van der Waals surface area contributed by atoms with E-state index in [2.05, 4.69) is 216 Å². The molecule has 0 radical (unpaired) electrons. The zero-order valence-electron chi connectivity index (χ0n) is 28.5. The predicted octanol–water partition coefficient (Wildman–Crippen LogP) is 13.9. The number of benzene rings is 9. The molecule has 0 atom stereocenters. The van der Waals surface area contributed by atoms with Crippen LogP contribution >= 0.6 is 0 Å². The lowest BCUT2D eigenvalue weighted by Crippen LogP contribution is -2.09. The van der Waals surface area contributed by atoms with Crippen molar-refractivity contribution in [1.29, 1.82) is 0 Å². The quantitative estimate of drug-likeness (QED) is 0.172. The first-order valence-electron chi connectivity index (χ1n) is 17.8. The number of hydrogen-bond donors (Lipinski definition) is 0. The Kier molecular flexibility index (Phi) is 7.18. The van der Waals surface area contributed by atoms with E-state index in [1.165, 1.54) is 65.6 Å². The lowest BCUT2D eigenvalue weighted by atomic mass is 9.96. The highest BCUT2D eigenvalue weighted by atomic mass is 15.1. The van der Waals surface area contributed by atoms with E-state index < -0.39 is 0 Å². The SMILES string of the molecule is c1ccc(N(c2ccc(-c3ccc4ccc(-c5ccc6ccccc6c5)cc4c3)cc2)c2ccc3c(c2)c2ccccc2n3-c2ccccc2)cc1. The Morgan fingerprint density at radius 3 is 1.52 bits per heavy atom. The van der Waals surface area contributed by atoms with Gasteiger partial charge in [0.1, 0.15) is 0 Å². The Labute approximate surface area is 303 Å². The second-order valence-corrected chi connectivity index (χ2v) is 13.4. The van der Waals surface area contributed by atoms with Gasteiger partial charge >= 0.3 is 0 Å². The first kappa shape index (κ1) is 30.0. The lowest BCUT2D eigenvalue weighted by Gasteiger charge is -2.26. The molecule has 0 saturated heterocycles. The summed E-state index contributed by atoms with van der Waals surface area (Å²) in [6.07, 6.45) is 0. The lowest BCUT2D eigenvalue weighted by molar-refractivity contribution is 1.18. The highest BCUT2D eigenvalue weighted by Gasteiger charge is 2.17. The van der Waals surface area contributed by atoms with Gasteiger partial charge in [-0.25, -0.2) is 0 Å². The van der Waals surface area contributed by atoms with E-state index in [0.717, 1.165) is 22.7 Å². The van der Waals surface area contributed by atoms with Crippen LogP contribution in [-0.2, 0) is 0 Å². The summed E-state index contributed by atoms with van der Waals surface area (Å²) in [7, 11) is 0. The first-order chi connectivity index (χ1) is 25.8. The van der Waals surface area contributed by atoms with Crippen molar-refractivity contribution in [3.05, 3.63) is 206 Å². The second kappa shape index (κ2) is 12.5. The van der Waals surface area contributed by atoms with Crippen molar-refractivity contribution in [1.82, 2.24) is 4.57 Å². The zero-order valence-corrected chi connectivity index (χ0v) is 28.5. The third-order valence-electron chi connectivity index (χ3n) is 10.3. The molecule has 1 heterocycles. The summed E-state index contributed by atoms with van der Waals surface area (Å²) in [5.41, 5.74) is 11.8. The summed E-state index contributed by atoms with van der Waals surface area (Å²) in [6, 6.07) is 74.7. The first-order valence-corrected chi connectivity index (χ1v) is 17.8. The van der Waals surface area contributed by atoms with E-state index in [4.69, 9.17) is 0 Å². The topological polar surface area (TPSA) is 8.17 Å². The molecule has 0 N–H and O–H groups in total. The molecule has 0 aliphatic carbocycles. The molecule has 1 aromatic heterocycles. The van der Waals surface area contributed by atoms with Crippen molar-refractivity contribution in [2.75, 3.05) is 4.90 Å². The smallest absolute Gasteiger partial charge is 0.0542 e. The van der Waals surface area contributed by atoms with Gasteiger partial charge in [-0.1, -0.05) is 127 Å². The van der Waals surface area contributed by atoms with E-state index in [1.807, 2.05) is 0 Å². The van der Waals surface area contributed by atoms with Crippen molar-refractivity contribution >= 4 is 60.4 Å². The van der Waals surface area contributed by atoms with E-state index in [0.29, 0.717) is 0 Å². The van der Waals surface area contributed by atoms with Gasteiger partial charge in [-0.3, -0.25) is 0 Å². The van der Waals surface area contributed by atoms with Gasteiger partial charge < -0.3 is 9.47 Å². The normalized spacial score (nSPS) is 11.5. The average Bonchev–Trinajstić information content (AvgIpc) is 3.55. The number of hydrogen-bond acceptors (Lipinski definition) is 1. The van der Waals surface area contributed by atoms with Gasteiger partial charge in [0.2, 0.25) is 0 Å². The van der Waals surface area contributed by atoms with Crippen molar-refractivity contribution < 1.29 is 0 Å². The molecule has 0 fully saturated rings. The minimum Gasteiger partial charge on any atom is -0.310 e. The molecule has 0 unspecified atom stereocenters. The van der Waals surface area contributed by atoms with Crippen molar-refractivity contribution in [2.45, 2.75) is 0 Å². The van der Waals surface area contributed by atoms with Crippen LogP contribution in [0.4, 0.5) is 17.1 Å². The van der Waals surface area contributed by atoms with Crippen molar-refractivity contribution in [2.24, 2.45) is 0 Å². The third kappa shape index (κ3) is 5.21. The molecule has 0 bridgehead atoms. The van der Waals surface area contributed by atoms with Gasteiger partial charge in [0.25, 0.3) is 0 Å². The molecule has 10 aromatic rings. The van der Waals surface area contributed by atoms with Crippen molar-refractivity contribution in [3.8, 4) is 27.9 Å². The molecule has 0 aliphatic heterocycles. The molecule has 0 amide bonds. The fourth-order valence-corrected chi connectivity index (χ4v) is 7.76. The molecule has 244 valence electrons. The number of para-hydroxylation sites is 3. The highest BCUT2D eigenvalue weighted by molar-refractivity contribution is 6.10. The van der Waals surface area contributed by atoms with Crippen LogP contribution in [0.1, 0.15) is 0 Å². The molecular weight excluding hydrogens is 629 g/mol. The van der Waals surface area contributed by atoms with Gasteiger partial charge in [-0.2, -0.15) is 0 Å². The standard InChI is InChI=1S/C50H34N2/c1-3-13-43(14-4-1)51(46-29-30-50-48(34-46)47-17-9-10-18-49(47)52(50)44-15-5-2-6-16-44)45-27-25-36(26-28-45)39-22-20-37-21-24-41(33-42(37)32-39)40-23-19-35-11-7-8-12-38(35)31-40/h1-34H. The maximum Gasteiger partial charge on any atom is 0.0542 e. The van der Waals surface area contributed by atoms with Gasteiger partial charge in [0.05, 0.1) is 11.0 Å². The van der Waals surface area contributed by atoms with E-state index in [9.17, 15) is 0 Å². The van der Waals surface area contributed by atoms with E-state index >= 15 is 0 Å². The Hall–Kier alpha value is -6.90. The minimum atomic E-state index is 1.11. The molecule has 10 rings (SSSR count). The molecular formula is C50H34N2. The van der Waals surface area contributed by atoms with Gasteiger partial charge in [-0.05, 0) is 123 Å². The van der Waals surface area contributed by atoms with Crippen molar-refractivity contribution in [3.63, 3.8) is 0 Å². The van der Waals surface area contributed by atoms with Crippen LogP contribution in [0, 0.1) is 0 Å². The van der Waals surface area contributed by atoms with E-state index in [-0.39, 0.29) is 0 Å². The van der Waals surface area contributed by atoms with Gasteiger partial charge in [0, 0.05) is 33.5 Å². The average molecular weight is 663 g/mol. The van der Waals surface area contributed by atoms with Crippen LogP contribution in [0.15, 0.2) is 206 Å². The Morgan fingerprint density at radius 1 is 0.288 bits per heavy atom. The van der Waals surface area contributed by atoms with Crippen LogP contribution < -0.4 is 4.90 Å². The van der Waals surface area contributed by atoms with Crippen LogP contribution in [0.2, 0.25) is 0 Å². The summed E-state index contributed by atoms with van der Waals surface area (Å²) in [4.78, 5) is 2.36. The molecule has 2 nitrogen and oxygen atoms in total. The van der Waals surface area contributed by atoms with Crippen LogP contribution in [-0.4, -0.2) is 4.57 Å². The zero-order chi connectivity index (χ0) is 34.4. The largest absolute Gasteiger partial charge is 0.310 e. The van der Waals surface area contributed by atoms with Crippen LogP contribution in [0.5, 0.6) is 0 Å². The molecule has 0 aliphatic rings. The Balaban J connectivity index is 1.04. The fraction of sp³-hybridized carbons (Fsp3) is 0.